The molecule has 108 valence electrons. The van der Waals surface area contributed by atoms with Gasteiger partial charge in [0.2, 0.25) is 0 Å². The molecular weight excluding hydrogens is 240 g/mol. The summed E-state index contributed by atoms with van der Waals surface area (Å²) < 4.78 is 10.6. The Morgan fingerprint density at radius 1 is 1.05 bits per heavy atom. The fourth-order valence-corrected chi connectivity index (χ4v) is 1.81. The zero-order chi connectivity index (χ0) is 13.8. The molecule has 0 amide bonds. The number of benzene rings is 1. The van der Waals surface area contributed by atoms with Gasteiger partial charge in [0.05, 0.1) is 13.2 Å². The van der Waals surface area contributed by atoms with Gasteiger partial charge in [-0.2, -0.15) is 0 Å². The van der Waals surface area contributed by atoms with Crippen LogP contribution in [0.1, 0.15) is 18.9 Å². The number of hydrogen-bond acceptors (Lipinski definition) is 4. The molecule has 4 heteroatoms. The highest BCUT2D eigenvalue weighted by Gasteiger charge is 2.01. The summed E-state index contributed by atoms with van der Waals surface area (Å²) in [6.45, 7) is 7.29. The number of methoxy groups -OCH3 is 1. The van der Waals surface area contributed by atoms with Gasteiger partial charge >= 0.3 is 0 Å². The molecule has 0 aromatic heterocycles. The van der Waals surface area contributed by atoms with Gasteiger partial charge in [0, 0.05) is 25.8 Å². The third kappa shape index (κ3) is 7.15. The van der Waals surface area contributed by atoms with E-state index in [4.69, 9.17) is 9.47 Å². The van der Waals surface area contributed by atoms with Crippen molar-refractivity contribution < 1.29 is 9.47 Å². The Balaban J connectivity index is 2.12. The highest BCUT2D eigenvalue weighted by Crippen LogP contribution is 2.17. The maximum Gasteiger partial charge on any atom is 0.123 e. The number of para-hydroxylation sites is 1. The minimum atomic E-state index is 0.709. The molecule has 0 saturated heterocycles. The van der Waals surface area contributed by atoms with Crippen molar-refractivity contribution in [2.45, 2.75) is 19.9 Å². The SMILES string of the molecule is CCOc1ccccc1CNCCCNCCOC. The number of nitrogens with one attached hydrogen (secondary N) is 2. The minimum Gasteiger partial charge on any atom is -0.494 e. The lowest BCUT2D eigenvalue weighted by molar-refractivity contribution is 0.199. The van der Waals surface area contributed by atoms with E-state index in [1.807, 2.05) is 25.1 Å². The molecular formula is C15H26N2O2. The molecule has 0 fully saturated rings. The second kappa shape index (κ2) is 10.8. The quantitative estimate of drug-likeness (QED) is 0.599. The maximum absolute atomic E-state index is 5.59. The molecule has 0 aliphatic carbocycles. The van der Waals surface area contributed by atoms with Crippen LogP contribution >= 0.6 is 0 Å². The molecule has 1 aromatic carbocycles. The molecule has 0 atom stereocenters. The molecule has 19 heavy (non-hydrogen) atoms. The number of rotatable bonds is 11. The molecule has 0 unspecified atom stereocenters. The van der Waals surface area contributed by atoms with Crippen molar-refractivity contribution >= 4 is 0 Å². The summed E-state index contributed by atoms with van der Waals surface area (Å²) in [6, 6.07) is 8.18. The second-order valence-corrected chi connectivity index (χ2v) is 4.31. The van der Waals surface area contributed by atoms with Crippen LogP contribution in [0, 0.1) is 0 Å². The Hall–Kier alpha value is -1.10. The first-order valence-corrected chi connectivity index (χ1v) is 6.99. The van der Waals surface area contributed by atoms with E-state index < -0.39 is 0 Å². The second-order valence-electron chi connectivity index (χ2n) is 4.31. The Kier molecular flexibility index (Phi) is 9.06. The lowest BCUT2D eigenvalue weighted by Crippen LogP contribution is -2.24. The molecule has 0 radical (unpaired) electrons. The van der Waals surface area contributed by atoms with Gasteiger partial charge < -0.3 is 20.1 Å². The van der Waals surface area contributed by atoms with Gasteiger partial charge in [-0.3, -0.25) is 0 Å². The van der Waals surface area contributed by atoms with Gasteiger partial charge in [0.1, 0.15) is 5.75 Å². The van der Waals surface area contributed by atoms with Gasteiger partial charge in [0.15, 0.2) is 0 Å². The summed E-state index contributed by atoms with van der Waals surface area (Å²) in [6.07, 6.45) is 1.11. The van der Waals surface area contributed by atoms with Crippen molar-refractivity contribution in [3.05, 3.63) is 29.8 Å². The van der Waals surface area contributed by atoms with Crippen LogP contribution in [0.3, 0.4) is 0 Å². The molecule has 0 spiro atoms. The zero-order valence-electron chi connectivity index (χ0n) is 12.1. The summed E-state index contributed by atoms with van der Waals surface area (Å²) in [5.41, 5.74) is 1.22. The maximum atomic E-state index is 5.59. The van der Waals surface area contributed by atoms with Crippen LogP contribution in [0.5, 0.6) is 5.75 Å². The van der Waals surface area contributed by atoms with E-state index in [-0.39, 0.29) is 0 Å². The van der Waals surface area contributed by atoms with Crippen molar-refractivity contribution in [2.75, 3.05) is 40.0 Å². The largest absolute Gasteiger partial charge is 0.494 e. The first kappa shape index (κ1) is 16.0. The van der Waals surface area contributed by atoms with Crippen LogP contribution < -0.4 is 15.4 Å². The third-order valence-electron chi connectivity index (χ3n) is 2.78. The highest BCUT2D eigenvalue weighted by molar-refractivity contribution is 5.33. The van der Waals surface area contributed by atoms with E-state index in [1.165, 1.54) is 5.56 Å². The van der Waals surface area contributed by atoms with Crippen molar-refractivity contribution in [1.82, 2.24) is 10.6 Å². The predicted octanol–water partition coefficient (Wildman–Crippen LogP) is 1.80. The van der Waals surface area contributed by atoms with Crippen molar-refractivity contribution in [3.8, 4) is 5.75 Å². The van der Waals surface area contributed by atoms with E-state index in [1.54, 1.807) is 7.11 Å². The van der Waals surface area contributed by atoms with Gasteiger partial charge in [-0.15, -0.1) is 0 Å². The van der Waals surface area contributed by atoms with E-state index in [9.17, 15) is 0 Å². The van der Waals surface area contributed by atoms with E-state index in [2.05, 4.69) is 16.7 Å². The Morgan fingerprint density at radius 3 is 2.63 bits per heavy atom. The average molecular weight is 266 g/mol. The monoisotopic (exact) mass is 266 g/mol. The summed E-state index contributed by atoms with van der Waals surface area (Å²) in [5.74, 6) is 0.982. The summed E-state index contributed by atoms with van der Waals surface area (Å²) >= 11 is 0. The predicted molar refractivity (Wildman–Crippen MR) is 78.7 cm³/mol. The van der Waals surface area contributed by atoms with Crippen LogP contribution in [0.2, 0.25) is 0 Å². The van der Waals surface area contributed by atoms with E-state index in [0.29, 0.717) is 6.61 Å². The summed E-state index contributed by atoms with van der Waals surface area (Å²) in [5, 5.41) is 6.77. The van der Waals surface area contributed by atoms with Gasteiger partial charge in [-0.1, -0.05) is 18.2 Å². The fraction of sp³-hybridized carbons (Fsp3) is 0.600. The van der Waals surface area contributed by atoms with Crippen molar-refractivity contribution in [1.29, 1.82) is 0 Å². The Bertz CT molecular complexity index is 332. The molecule has 2 N–H and O–H groups in total. The van der Waals surface area contributed by atoms with Crippen LogP contribution in [-0.2, 0) is 11.3 Å². The lowest BCUT2D eigenvalue weighted by atomic mass is 10.2. The first-order valence-electron chi connectivity index (χ1n) is 6.99. The third-order valence-corrected chi connectivity index (χ3v) is 2.78. The summed E-state index contributed by atoms with van der Waals surface area (Å²) in [4.78, 5) is 0. The smallest absolute Gasteiger partial charge is 0.123 e. The standard InChI is InChI=1S/C15H26N2O2/c1-3-19-15-8-5-4-7-14(15)13-17-10-6-9-16-11-12-18-2/h4-5,7-8,16-17H,3,6,9-13H2,1-2H3. The summed E-state index contributed by atoms with van der Waals surface area (Å²) in [7, 11) is 1.72. The van der Waals surface area contributed by atoms with Crippen molar-refractivity contribution in [3.63, 3.8) is 0 Å². The molecule has 1 rings (SSSR count). The highest BCUT2D eigenvalue weighted by atomic mass is 16.5. The molecule has 0 saturated carbocycles. The normalized spacial score (nSPS) is 10.6. The molecule has 0 aliphatic heterocycles. The lowest BCUT2D eigenvalue weighted by Gasteiger charge is -2.11. The van der Waals surface area contributed by atoms with Crippen LogP contribution in [0.15, 0.2) is 24.3 Å². The molecule has 0 bridgehead atoms. The van der Waals surface area contributed by atoms with Gasteiger partial charge in [-0.05, 0) is 32.5 Å². The minimum absolute atomic E-state index is 0.709. The van der Waals surface area contributed by atoms with Gasteiger partial charge in [0.25, 0.3) is 0 Å². The fourth-order valence-electron chi connectivity index (χ4n) is 1.81. The van der Waals surface area contributed by atoms with E-state index >= 15 is 0 Å². The van der Waals surface area contributed by atoms with Crippen molar-refractivity contribution in [2.24, 2.45) is 0 Å². The van der Waals surface area contributed by atoms with Crippen LogP contribution in [-0.4, -0.2) is 40.0 Å². The topological polar surface area (TPSA) is 42.5 Å². The van der Waals surface area contributed by atoms with Crippen LogP contribution in [0.4, 0.5) is 0 Å². The Morgan fingerprint density at radius 2 is 1.84 bits per heavy atom. The number of ether oxygens (including phenoxy) is 2. The Labute approximate surface area is 116 Å². The van der Waals surface area contributed by atoms with Gasteiger partial charge in [-0.25, -0.2) is 0 Å². The average Bonchev–Trinajstić information content (AvgIpc) is 2.44. The van der Waals surface area contributed by atoms with E-state index in [0.717, 1.165) is 45.0 Å². The molecule has 4 nitrogen and oxygen atoms in total. The first-order chi connectivity index (χ1) is 9.38. The molecule has 0 aliphatic rings. The molecule has 0 heterocycles. The van der Waals surface area contributed by atoms with Crippen LogP contribution in [0.25, 0.3) is 0 Å². The number of hydrogen-bond donors (Lipinski definition) is 2. The zero-order valence-corrected chi connectivity index (χ0v) is 12.1. The molecule has 1 aromatic rings.